The van der Waals surface area contributed by atoms with Gasteiger partial charge in [0, 0.05) is 29.5 Å². The maximum absolute atomic E-state index is 12.7. The number of ether oxygens (including phenoxy) is 1. The molecule has 1 aliphatic rings. The largest absolute Gasteiger partial charge is 0.492 e. The Morgan fingerprint density at radius 2 is 1.96 bits per heavy atom. The molecule has 6 nitrogen and oxygen atoms in total. The number of hydrogen-bond acceptors (Lipinski definition) is 4. The van der Waals surface area contributed by atoms with Crippen molar-refractivity contribution >= 4 is 23.4 Å². The summed E-state index contributed by atoms with van der Waals surface area (Å²) < 4.78 is 5.65. The molecule has 2 aromatic carbocycles. The molecule has 2 aromatic rings. The molecule has 1 aliphatic heterocycles. The van der Waals surface area contributed by atoms with Crippen LogP contribution in [0.1, 0.15) is 33.9 Å². The monoisotopic (exact) mass is 373 g/mol. The van der Waals surface area contributed by atoms with Crippen molar-refractivity contribution in [1.82, 2.24) is 5.32 Å². The Hall–Kier alpha value is -2.57. The predicted octanol–water partition coefficient (Wildman–Crippen LogP) is 1.95. The summed E-state index contributed by atoms with van der Waals surface area (Å²) in [5, 5.41) is 3.29. The molecule has 0 spiro atoms. The number of fused-ring (bicyclic) bond motifs is 1. The molecule has 1 unspecified atom stereocenters. The number of para-hydroxylation sites is 1. The first kappa shape index (κ1) is 18.2. The van der Waals surface area contributed by atoms with Crippen molar-refractivity contribution < 1.29 is 14.3 Å². The van der Waals surface area contributed by atoms with Gasteiger partial charge in [0.05, 0.1) is 12.2 Å². The van der Waals surface area contributed by atoms with E-state index in [0.717, 1.165) is 11.1 Å². The van der Waals surface area contributed by atoms with Crippen molar-refractivity contribution in [1.29, 1.82) is 0 Å². The lowest BCUT2D eigenvalue weighted by Gasteiger charge is -2.25. The molecule has 2 amide bonds. The molecule has 136 valence electrons. The van der Waals surface area contributed by atoms with Gasteiger partial charge in [0.2, 0.25) is 5.91 Å². The number of benzene rings is 2. The van der Waals surface area contributed by atoms with Crippen molar-refractivity contribution in [3.63, 3.8) is 0 Å². The van der Waals surface area contributed by atoms with Crippen LogP contribution in [0.5, 0.6) is 5.75 Å². The van der Waals surface area contributed by atoms with E-state index >= 15 is 0 Å². The Morgan fingerprint density at radius 1 is 1.23 bits per heavy atom. The highest BCUT2D eigenvalue weighted by molar-refractivity contribution is 6.30. The van der Waals surface area contributed by atoms with Gasteiger partial charge in [-0.05, 0) is 23.8 Å². The fourth-order valence-corrected chi connectivity index (χ4v) is 3.07. The van der Waals surface area contributed by atoms with Crippen LogP contribution in [0.15, 0.2) is 42.5 Å². The lowest BCUT2D eigenvalue weighted by atomic mass is 9.97. The fourth-order valence-electron chi connectivity index (χ4n) is 2.95. The molecule has 0 aliphatic carbocycles. The van der Waals surface area contributed by atoms with Crippen LogP contribution in [-0.4, -0.2) is 24.5 Å². The normalized spacial score (nSPS) is 16.9. The van der Waals surface area contributed by atoms with Crippen molar-refractivity contribution in [2.24, 2.45) is 11.5 Å². The second kappa shape index (κ2) is 7.76. The summed E-state index contributed by atoms with van der Waals surface area (Å²) in [6.45, 7) is 0.447. The Balaban J connectivity index is 1.80. The van der Waals surface area contributed by atoms with E-state index in [2.05, 4.69) is 5.32 Å². The zero-order valence-corrected chi connectivity index (χ0v) is 14.8. The van der Waals surface area contributed by atoms with Crippen molar-refractivity contribution in [3.05, 3.63) is 64.2 Å². The average Bonchev–Trinajstić information content (AvgIpc) is 2.62. The van der Waals surface area contributed by atoms with Gasteiger partial charge in [-0.2, -0.15) is 0 Å². The molecule has 3 rings (SSSR count). The van der Waals surface area contributed by atoms with Crippen LogP contribution in [-0.2, 0) is 11.2 Å². The van der Waals surface area contributed by atoms with Crippen LogP contribution in [0.25, 0.3) is 0 Å². The fraction of sp³-hybridized carbons (Fsp3) is 0.263. The van der Waals surface area contributed by atoms with Crippen LogP contribution in [0.2, 0.25) is 5.02 Å². The first-order valence-electron chi connectivity index (χ1n) is 8.31. The maximum atomic E-state index is 12.7. The number of amides is 2. The first-order valence-corrected chi connectivity index (χ1v) is 8.69. The number of nitrogens with one attached hydrogen (secondary N) is 1. The molecule has 0 fully saturated rings. The summed E-state index contributed by atoms with van der Waals surface area (Å²) in [5.74, 6) is -0.567. The van der Waals surface area contributed by atoms with Crippen molar-refractivity contribution in [2.45, 2.75) is 24.9 Å². The second-order valence-corrected chi connectivity index (χ2v) is 6.66. The number of hydrogen-bond donors (Lipinski definition) is 3. The average molecular weight is 374 g/mol. The van der Waals surface area contributed by atoms with Gasteiger partial charge in [0.25, 0.3) is 5.91 Å². The minimum Gasteiger partial charge on any atom is -0.492 e. The van der Waals surface area contributed by atoms with E-state index < -0.39 is 17.9 Å². The van der Waals surface area contributed by atoms with Gasteiger partial charge < -0.3 is 21.5 Å². The topological polar surface area (TPSA) is 107 Å². The molecule has 0 aromatic heterocycles. The summed E-state index contributed by atoms with van der Waals surface area (Å²) in [6.07, 6.45) is 0.964. The third kappa shape index (κ3) is 3.98. The quantitative estimate of drug-likeness (QED) is 0.744. The van der Waals surface area contributed by atoms with E-state index in [1.165, 1.54) is 0 Å². The molecule has 0 bridgehead atoms. The van der Waals surface area contributed by atoms with Gasteiger partial charge in [0.15, 0.2) is 0 Å². The molecule has 2 atom stereocenters. The Bertz CT molecular complexity index is 823. The van der Waals surface area contributed by atoms with Gasteiger partial charge in [-0.3, -0.25) is 9.59 Å². The lowest BCUT2D eigenvalue weighted by Crippen LogP contribution is -2.46. The van der Waals surface area contributed by atoms with Gasteiger partial charge in [-0.15, -0.1) is 0 Å². The summed E-state index contributed by atoms with van der Waals surface area (Å²) in [4.78, 5) is 24.5. The number of rotatable bonds is 5. The van der Waals surface area contributed by atoms with E-state index in [1.54, 1.807) is 36.4 Å². The number of carbonyl (C=O) groups is 2. The minimum absolute atomic E-state index is 0.174. The molecule has 26 heavy (non-hydrogen) atoms. The molecule has 0 saturated carbocycles. The van der Waals surface area contributed by atoms with E-state index in [0.29, 0.717) is 29.4 Å². The molecule has 0 radical (unpaired) electrons. The third-order valence-corrected chi connectivity index (χ3v) is 4.62. The van der Waals surface area contributed by atoms with Crippen molar-refractivity contribution in [2.75, 3.05) is 6.61 Å². The zero-order valence-electron chi connectivity index (χ0n) is 14.1. The van der Waals surface area contributed by atoms with Gasteiger partial charge in [0.1, 0.15) is 11.8 Å². The molecular weight excluding hydrogens is 354 g/mol. The van der Waals surface area contributed by atoms with Crippen LogP contribution in [0, 0.1) is 0 Å². The van der Waals surface area contributed by atoms with Gasteiger partial charge in [-0.1, -0.05) is 35.9 Å². The van der Waals surface area contributed by atoms with Crippen LogP contribution < -0.4 is 21.5 Å². The molecule has 0 saturated heterocycles. The summed E-state index contributed by atoms with van der Waals surface area (Å²) >= 11 is 5.87. The summed E-state index contributed by atoms with van der Waals surface area (Å²) in [5.41, 5.74) is 13.5. The van der Waals surface area contributed by atoms with Crippen LogP contribution >= 0.6 is 11.6 Å². The number of halogens is 1. The van der Waals surface area contributed by atoms with Gasteiger partial charge in [-0.25, -0.2) is 0 Å². The summed E-state index contributed by atoms with van der Waals surface area (Å²) in [7, 11) is 0. The Kier molecular flexibility index (Phi) is 5.44. The van der Waals surface area contributed by atoms with Crippen LogP contribution in [0.3, 0.4) is 0 Å². The lowest BCUT2D eigenvalue weighted by molar-refractivity contribution is -0.119. The number of nitrogens with two attached hydrogens (primary N) is 2. The minimum atomic E-state index is -0.850. The third-order valence-electron chi connectivity index (χ3n) is 4.37. The standard InChI is InChI=1S/C19H20ClN3O3/c20-12-6-4-11(5-7-12)10-16(18(22)24)23-19(25)14-3-1-2-13-15(21)8-9-26-17(13)14/h1-7,15-16H,8-10,21H2,(H2,22,24)(H,23,25)/t15?,16-/m0/s1. The molecule has 1 heterocycles. The SMILES string of the molecule is NC(=O)[C@H](Cc1ccc(Cl)cc1)NC(=O)c1cccc2c1OCCC2N. The first-order chi connectivity index (χ1) is 12.5. The molecule has 7 heteroatoms. The zero-order chi connectivity index (χ0) is 18.7. The Morgan fingerprint density at radius 3 is 2.65 bits per heavy atom. The maximum Gasteiger partial charge on any atom is 0.255 e. The molecule has 5 N–H and O–H groups in total. The Labute approximate surface area is 156 Å². The highest BCUT2D eigenvalue weighted by Gasteiger charge is 2.26. The van der Waals surface area contributed by atoms with E-state index in [9.17, 15) is 9.59 Å². The predicted molar refractivity (Wildman–Crippen MR) is 99.1 cm³/mol. The summed E-state index contributed by atoms with van der Waals surface area (Å²) in [6, 6.07) is 11.2. The highest BCUT2D eigenvalue weighted by Crippen LogP contribution is 2.33. The van der Waals surface area contributed by atoms with E-state index in [4.69, 9.17) is 27.8 Å². The van der Waals surface area contributed by atoms with Crippen molar-refractivity contribution in [3.8, 4) is 5.75 Å². The highest BCUT2D eigenvalue weighted by atomic mass is 35.5. The van der Waals surface area contributed by atoms with E-state index in [1.807, 2.05) is 6.07 Å². The molecular formula is C19H20ClN3O3. The smallest absolute Gasteiger partial charge is 0.255 e. The number of carbonyl (C=O) groups excluding carboxylic acids is 2. The van der Waals surface area contributed by atoms with Gasteiger partial charge >= 0.3 is 0 Å². The number of primary amides is 1. The second-order valence-electron chi connectivity index (χ2n) is 6.23. The van der Waals surface area contributed by atoms with E-state index in [-0.39, 0.29) is 12.5 Å². The van der Waals surface area contributed by atoms with Crippen LogP contribution in [0.4, 0.5) is 0 Å².